The fourth-order valence-electron chi connectivity index (χ4n) is 4.29. The van der Waals surface area contributed by atoms with E-state index in [4.69, 9.17) is 9.72 Å². The Labute approximate surface area is 207 Å². The summed E-state index contributed by atoms with van der Waals surface area (Å²) in [5, 5.41) is 0.534. The van der Waals surface area contributed by atoms with Gasteiger partial charge in [0, 0.05) is 44.0 Å². The molecule has 2 aliphatic heterocycles. The van der Waals surface area contributed by atoms with E-state index in [1.165, 1.54) is 17.4 Å². The molecule has 34 heavy (non-hydrogen) atoms. The standard InChI is InChI=1S/C25H26N4O3S2/c1-32-21-10-6-5-9-20(21)29-24(31)23-19(11-16-33-23)26-25(29)34-17-22(30)28-14-12-27(13-15-28)18-7-3-2-4-8-18/h2-10H,11-17H2,1H3. The molecule has 3 aromatic rings. The molecular formula is C25H26N4O3S2. The number of carbonyl (C=O) groups excluding carboxylic acids is 1. The minimum absolute atomic E-state index is 0.0633. The van der Waals surface area contributed by atoms with Crippen molar-refractivity contribution in [1.29, 1.82) is 0 Å². The van der Waals surface area contributed by atoms with Crippen LogP contribution in [-0.4, -0.2) is 65.2 Å². The number of anilines is 1. The Morgan fingerprint density at radius 3 is 2.56 bits per heavy atom. The number of methoxy groups -OCH3 is 1. The Morgan fingerprint density at radius 2 is 1.79 bits per heavy atom. The van der Waals surface area contributed by atoms with Crippen LogP contribution in [-0.2, 0) is 11.2 Å². The van der Waals surface area contributed by atoms with E-state index in [0.717, 1.165) is 31.0 Å². The summed E-state index contributed by atoms with van der Waals surface area (Å²) in [6, 6.07) is 17.7. The lowest BCUT2D eigenvalue weighted by Gasteiger charge is -2.36. The SMILES string of the molecule is COc1ccccc1-n1c(SCC(=O)N2CCN(c3ccccc3)CC2)nc2c(c1=O)SCC2. The average molecular weight is 495 g/mol. The largest absolute Gasteiger partial charge is 0.495 e. The molecule has 9 heteroatoms. The molecule has 3 heterocycles. The van der Waals surface area contributed by atoms with Gasteiger partial charge in [-0.3, -0.25) is 14.2 Å². The molecule has 0 N–H and O–H groups in total. The number of fused-ring (bicyclic) bond motifs is 1. The van der Waals surface area contributed by atoms with Crippen LogP contribution in [0.3, 0.4) is 0 Å². The molecule has 1 amide bonds. The van der Waals surface area contributed by atoms with Crippen LogP contribution in [0.15, 0.2) is 69.4 Å². The van der Waals surface area contributed by atoms with E-state index in [9.17, 15) is 9.59 Å². The van der Waals surface area contributed by atoms with E-state index < -0.39 is 0 Å². The molecule has 0 unspecified atom stereocenters. The van der Waals surface area contributed by atoms with Gasteiger partial charge < -0.3 is 14.5 Å². The van der Waals surface area contributed by atoms with Crippen LogP contribution in [0, 0.1) is 0 Å². The second kappa shape index (κ2) is 10.1. The molecule has 1 aromatic heterocycles. The number of carbonyl (C=O) groups is 1. The molecule has 0 aliphatic carbocycles. The summed E-state index contributed by atoms with van der Waals surface area (Å²) in [5.41, 5.74) is 2.56. The number of para-hydroxylation sites is 3. The average Bonchev–Trinajstić information content (AvgIpc) is 3.37. The van der Waals surface area contributed by atoms with Crippen molar-refractivity contribution in [2.24, 2.45) is 0 Å². The minimum atomic E-state index is -0.0941. The molecule has 0 bridgehead atoms. The van der Waals surface area contributed by atoms with Gasteiger partial charge in [-0.05, 0) is 24.3 Å². The summed E-state index contributed by atoms with van der Waals surface area (Å²) in [6.45, 7) is 2.98. The highest BCUT2D eigenvalue weighted by Crippen LogP contribution is 2.32. The monoisotopic (exact) mass is 494 g/mol. The third kappa shape index (κ3) is 4.54. The molecule has 0 radical (unpaired) electrons. The molecule has 5 rings (SSSR count). The predicted octanol–water partition coefficient (Wildman–Crippen LogP) is 3.33. The maximum absolute atomic E-state index is 13.4. The number of aromatic nitrogens is 2. The summed E-state index contributed by atoms with van der Waals surface area (Å²) >= 11 is 2.87. The van der Waals surface area contributed by atoms with Gasteiger partial charge in [0.05, 0.1) is 29.1 Å². The van der Waals surface area contributed by atoms with Crippen LogP contribution in [0.25, 0.3) is 5.69 Å². The molecule has 0 saturated carbocycles. The molecule has 0 atom stereocenters. The minimum Gasteiger partial charge on any atom is -0.495 e. The molecule has 176 valence electrons. The van der Waals surface area contributed by atoms with Crippen molar-refractivity contribution in [3.05, 3.63) is 70.6 Å². The van der Waals surface area contributed by atoms with Gasteiger partial charge in [0.1, 0.15) is 5.75 Å². The van der Waals surface area contributed by atoms with Crippen molar-refractivity contribution in [1.82, 2.24) is 14.5 Å². The summed E-state index contributed by atoms with van der Waals surface area (Å²) in [4.78, 5) is 36.2. The highest BCUT2D eigenvalue weighted by Gasteiger charge is 2.26. The molecule has 1 fully saturated rings. The van der Waals surface area contributed by atoms with E-state index in [1.807, 2.05) is 47.4 Å². The molecule has 7 nitrogen and oxygen atoms in total. The quantitative estimate of drug-likeness (QED) is 0.385. The van der Waals surface area contributed by atoms with Gasteiger partial charge in [-0.15, -0.1) is 11.8 Å². The Hall–Kier alpha value is -2.91. The van der Waals surface area contributed by atoms with Crippen molar-refractivity contribution >= 4 is 35.1 Å². The number of rotatable bonds is 6. The highest BCUT2D eigenvalue weighted by atomic mass is 32.2. The summed E-state index contributed by atoms with van der Waals surface area (Å²) in [7, 11) is 1.59. The number of piperazine rings is 1. The van der Waals surface area contributed by atoms with E-state index >= 15 is 0 Å². The lowest BCUT2D eigenvalue weighted by molar-refractivity contribution is -0.128. The number of hydrogen-bond donors (Lipinski definition) is 0. The van der Waals surface area contributed by atoms with Crippen LogP contribution < -0.4 is 15.2 Å². The fraction of sp³-hybridized carbons (Fsp3) is 0.320. The number of hydrogen-bond acceptors (Lipinski definition) is 7. The van der Waals surface area contributed by atoms with Crippen LogP contribution in [0.5, 0.6) is 5.75 Å². The second-order valence-electron chi connectivity index (χ2n) is 8.07. The zero-order valence-electron chi connectivity index (χ0n) is 19.0. The maximum Gasteiger partial charge on any atom is 0.272 e. The lowest BCUT2D eigenvalue weighted by Crippen LogP contribution is -2.49. The molecule has 2 aromatic carbocycles. The molecular weight excluding hydrogens is 468 g/mol. The summed E-state index contributed by atoms with van der Waals surface area (Å²) in [5.74, 6) is 1.74. The first-order chi connectivity index (χ1) is 16.7. The Bertz CT molecular complexity index is 1240. The van der Waals surface area contributed by atoms with Gasteiger partial charge in [0.25, 0.3) is 5.56 Å². The maximum atomic E-state index is 13.4. The zero-order chi connectivity index (χ0) is 23.5. The molecule has 2 aliphatic rings. The summed E-state index contributed by atoms with van der Waals surface area (Å²) < 4.78 is 7.11. The number of amides is 1. The van der Waals surface area contributed by atoms with Gasteiger partial charge in [0.2, 0.25) is 5.91 Å². The first-order valence-corrected chi connectivity index (χ1v) is 13.3. The Kier molecular flexibility index (Phi) is 6.82. The van der Waals surface area contributed by atoms with E-state index in [-0.39, 0.29) is 17.2 Å². The van der Waals surface area contributed by atoms with Gasteiger partial charge >= 0.3 is 0 Å². The number of ether oxygens (including phenoxy) is 1. The number of benzene rings is 2. The van der Waals surface area contributed by atoms with Gasteiger partial charge in [-0.2, -0.15) is 0 Å². The summed E-state index contributed by atoms with van der Waals surface area (Å²) in [6.07, 6.45) is 0.769. The van der Waals surface area contributed by atoms with Gasteiger partial charge in [-0.25, -0.2) is 4.98 Å². The fourth-order valence-corrected chi connectivity index (χ4v) is 6.24. The first-order valence-electron chi connectivity index (χ1n) is 11.3. The van der Waals surface area contributed by atoms with Crippen LogP contribution in [0.1, 0.15) is 5.69 Å². The van der Waals surface area contributed by atoms with E-state index in [2.05, 4.69) is 17.0 Å². The van der Waals surface area contributed by atoms with Crippen molar-refractivity contribution in [2.45, 2.75) is 16.5 Å². The van der Waals surface area contributed by atoms with Crippen molar-refractivity contribution in [2.75, 3.05) is 49.7 Å². The van der Waals surface area contributed by atoms with Crippen LogP contribution in [0.2, 0.25) is 0 Å². The number of nitrogens with zero attached hydrogens (tertiary/aromatic N) is 4. The van der Waals surface area contributed by atoms with Crippen molar-refractivity contribution in [3.63, 3.8) is 0 Å². The van der Waals surface area contributed by atoms with Crippen molar-refractivity contribution in [3.8, 4) is 11.4 Å². The van der Waals surface area contributed by atoms with E-state index in [1.54, 1.807) is 23.4 Å². The smallest absolute Gasteiger partial charge is 0.272 e. The topological polar surface area (TPSA) is 67.7 Å². The Morgan fingerprint density at radius 1 is 1.06 bits per heavy atom. The second-order valence-corrected chi connectivity index (χ2v) is 10.1. The third-order valence-corrected chi connectivity index (χ3v) is 8.10. The van der Waals surface area contributed by atoms with Crippen LogP contribution in [0.4, 0.5) is 5.69 Å². The third-order valence-electron chi connectivity index (χ3n) is 6.07. The molecule has 1 saturated heterocycles. The Balaban J connectivity index is 1.33. The van der Waals surface area contributed by atoms with Gasteiger partial charge in [-0.1, -0.05) is 42.1 Å². The number of thioether (sulfide) groups is 2. The zero-order valence-corrected chi connectivity index (χ0v) is 20.6. The highest BCUT2D eigenvalue weighted by molar-refractivity contribution is 8.00. The van der Waals surface area contributed by atoms with Gasteiger partial charge in [0.15, 0.2) is 5.16 Å². The van der Waals surface area contributed by atoms with E-state index in [0.29, 0.717) is 34.6 Å². The van der Waals surface area contributed by atoms with Crippen molar-refractivity contribution < 1.29 is 9.53 Å². The lowest BCUT2D eigenvalue weighted by atomic mass is 10.2. The predicted molar refractivity (Wildman–Crippen MR) is 137 cm³/mol. The first kappa shape index (κ1) is 22.9. The normalized spacial score (nSPS) is 15.3. The van der Waals surface area contributed by atoms with Crippen LogP contribution >= 0.6 is 23.5 Å². The molecule has 0 spiro atoms. The number of aryl methyl sites for hydroxylation is 1.